The molecule has 1 aromatic carbocycles. The zero-order chi connectivity index (χ0) is 8.43. The van der Waals surface area contributed by atoms with Crippen molar-refractivity contribution in [2.24, 2.45) is 0 Å². The number of hydrogen-bond donors (Lipinski definition) is 0. The van der Waals surface area contributed by atoms with Gasteiger partial charge in [0, 0.05) is 10.4 Å². The monoisotopic (exact) mass is 348 g/mol. The lowest BCUT2D eigenvalue weighted by Crippen LogP contribution is -1.89. The maximum Gasteiger partial charge on any atom is 0.137 e. The summed E-state index contributed by atoms with van der Waals surface area (Å²) in [5, 5.41) is 0. The van der Waals surface area contributed by atoms with E-state index in [0.29, 0.717) is 9.45 Å². The summed E-state index contributed by atoms with van der Waals surface area (Å²) >= 11 is 10.7. The molecule has 0 nitrogen and oxygen atoms in total. The molecule has 11 heavy (non-hydrogen) atoms. The second-order valence-electron chi connectivity index (χ2n) is 1.99. The number of hydrogen-bond acceptors (Lipinski definition) is 0. The Labute approximate surface area is 91.4 Å². The Morgan fingerprint density at radius 1 is 1.55 bits per heavy atom. The van der Waals surface area contributed by atoms with Gasteiger partial charge in [-0.05, 0) is 40.3 Å². The Hall–Kier alpha value is 0.650. The van der Waals surface area contributed by atoms with E-state index in [9.17, 15) is 4.39 Å². The molecule has 1 aromatic rings. The molecule has 0 spiro atoms. The van der Waals surface area contributed by atoms with Crippen molar-refractivity contribution in [2.75, 3.05) is 0 Å². The molecule has 0 amide bonds. The van der Waals surface area contributed by atoms with Gasteiger partial charge in [0.25, 0.3) is 0 Å². The molecule has 0 bridgehead atoms. The highest BCUT2D eigenvalue weighted by Gasteiger charge is 2.05. The average molecular weight is 349 g/mol. The van der Waals surface area contributed by atoms with Gasteiger partial charge in [-0.1, -0.05) is 15.9 Å². The van der Waals surface area contributed by atoms with Gasteiger partial charge in [0.1, 0.15) is 5.82 Å². The van der Waals surface area contributed by atoms with Crippen LogP contribution < -0.4 is 0 Å². The lowest BCUT2D eigenvalue weighted by molar-refractivity contribution is 0.617. The van der Waals surface area contributed by atoms with Crippen molar-refractivity contribution in [1.29, 1.82) is 0 Å². The molecule has 0 aromatic heterocycles. The summed E-state index contributed by atoms with van der Waals surface area (Å²) < 4.78 is 14.3. The van der Waals surface area contributed by atoms with Crippen molar-refractivity contribution in [3.8, 4) is 0 Å². The van der Waals surface area contributed by atoms with E-state index < -0.39 is 0 Å². The Morgan fingerprint density at radius 2 is 2.18 bits per heavy atom. The molecule has 0 atom stereocenters. The summed E-state index contributed by atoms with van der Waals surface area (Å²) in [5.41, 5.74) is 0.819. The molecule has 0 unspecified atom stereocenters. The molecule has 0 aliphatic carbocycles. The SMILES string of the molecule is Fc1cc(Br)cc(CCl)c1I. The summed E-state index contributed by atoms with van der Waals surface area (Å²) in [4.78, 5) is 0. The molecule has 0 saturated carbocycles. The minimum atomic E-state index is -0.226. The van der Waals surface area contributed by atoms with Crippen LogP contribution >= 0.6 is 50.1 Å². The fourth-order valence-corrected chi connectivity index (χ4v) is 2.12. The van der Waals surface area contributed by atoms with Crippen molar-refractivity contribution in [2.45, 2.75) is 5.88 Å². The first-order chi connectivity index (χ1) is 5.15. The van der Waals surface area contributed by atoms with E-state index in [2.05, 4.69) is 15.9 Å². The quantitative estimate of drug-likeness (QED) is 0.409. The van der Waals surface area contributed by atoms with Crippen molar-refractivity contribution in [3.05, 3.63) is 31.6 Å². The van der Waals surface area contributed by atoms with Gasteiger partial charge in [-0.2, -0.15) is 0 Å². The van der Waals surface area contributed by atoms with Gasteiger partial charge in [-0.15, -0.1) is 11.6 Å². The van der Waals surface area contributed by atoms with Crippen LogP contribution in [-0.4, -0.2) is 0 Å². The summed E-state index contributed by atoms with van der Waals surface area (Å²) in [6.45, 7) is 0. The molecule has 0 fully saturated rings. The molecular formula is C7H4BrClFI. The lowest BCUT2D eigenvalue weighted by Gasteiger charge is -2.01. The fourth-order valence-electron chi connectivity index (χ4n) is 0.707. The van der Waals surface area contributed by atoms with Gasteiger partial charge in [0.05, 0.1) is 3.57 Å². The van der Waals surface area contributed by atoms with Gasteiger partial charge in [0.2, 0.25) is 0 Å². The van der Waals surface area contributed by atoms with Gasteiger partial charge in [-0.25, -0.2) is 4.39 Å². The Bertz CT molecular complexity index is 277. The van der Waals surface area contributed by atoms with E-state index in [1.54, 1.807) is 0 Å². The molecule has 1 rings (SSSR count). The van der Waals surface area contributed by atoms with E-state index in [1.165, 1.54) is 6.07 Å². The van der Waals surface area contributed by atoms with Crippen LogP contribution in [0.5, 0.6) is 0 Å². The zero-order valence-electron chi connectivity index (χ0n) is 5.37. The molecule has 0 N–H and O–H groups in total. The van der Waals surface area contributed by atoms with Crippen molar-refractivity contribution in [1.82, 2.24) is 0 Å². The molecule has 0 aliphatic heterocycles. The molecule has 0 radical (unpaired) electrons. The first-order valence-electron chi connectivity index (χ1n) is 2.84. The Balaban J connectivity index is 3.24. The van der Waals surface area contributed by atoms with Crippen LogP contribution in [-0.2, 0) is 5.88 Å². The van der Waals surface area contributed by atoms with Crippen LogP contribution in [0.2, 0.25) is 0 Å². The summed E-state index contributed by atoms with van der Waals surface area (Å²) in [6.07, 6.45) is 0. The van der Waals surface area contributed by atoms with Crippen LogP contribution in [0, 0.1) is 9.39 Å². The smallest absolute Gasteiger partial charge is 0.137 e. The molecule has 0 aliphatic rings. The fraction of sp³-hybridized carbons (Fsp3) is 0.143. The maximum atomic E-state index is 12.9. The molecular weight excluding hydrogens is 345 g/mol. The zero-order valence-corrected chi connectivity index (χ0v) is 9.87. The number of benzene rings is 1. The van der Waals surface area contributed by atoms with Crippen LogP contribution in [0.1, 0.15) is 5.56 Å². The van der Waals surface area contributed by atoms with E-state index in [0.717, 1.165) is 10.0 Å². The second-order valence-corrected chi connectivity index (χ2v) is 4.26. The van der Waals surface area contributed by atoms with Crippen LogP contribution in [0.15, 0.2) is 16.6 Å². The number of rotatable bonds is 1. The topological polar surface area (TPSA) is 0 Å². The largest absolute Gasteiger partial charge is 0.206 e. The predicted molar refractivity (Wildman–Crippen MR) is 56.4 cm³/mol. The summed E-state index contributed by atoms with van der Waals surface area (Å²) in [7, 11) is 0. The van der Waals surface area contributed by atoms with Crippen molar-refractivity contribution < 1.29 is 4.39 Å². The molecule has 4 heteroatoms. The highest BCUT2D eigenvalue weighted by atomic mass is 127. The normalized spacial score (nSPS) is 10.2. The summed E-state index contributed by atoms with van der Waals surface area (Å²) in [5.74, 6) is 0.116. The average Bonchev–Trinajstić information content (AvgIpc) is 1.96. The predicted octanol–water partition coefficient (Wildman–Crippen LogP) is 3.93. The van der Waals surface area contributed by atoms with Crippen molar-refractivity contribution in [3.63, 3.8) is 0 Å². The highest BCUT2D eigenvalue weighted by Crippen LogP contribution is 2.23. The maximum absolute atomic E-state index is 12.9. The minimum Gasteiger partial charge on any atom is -0.206 e. The van der Waals surface area contributed by atoms with Gasteiger partial charge < -0.3 is 0 Å². The number of alkyl halides is 1. The van der Waals surface area contributed by atoms with E-state index in [4.69, 9.17) is 11.6 Å². The number of halogens is 4. The molecule has 60 valence electrons. The lowest BCUT2D eigenvalue weighted by atomic mass is 10.2. The van der Waals surface area contributed by atoms with Gasteiger partial charge in [-0.3, -0.25) is 0 Å². The van der Waals surface area contributed by atoms with Crippen molar-refractivity contribution >= 4 is 50.1 Å². The molecule has 0 saturated heterocycles. The highest BCUT2D eigenvalue weighted by molar-refractivity contribution is 14.1. The van der Waals surface area contributed by atoms with Crippen LogP contribution in [0.3, 0.4) is 0 Å². The van der Waals surface area contributed by atoms with Gasteiger partial charge >= 0.3 is 0 Å². The summed E-state index contributed by atoms with van der Waals surface area (Å²) in [6, 6.07) is 3.25. The van der Waals surface area contributed by atoms with Gasteiger partial charge in [0.15, 0.2) is 0 Å². The third kappa shape index (κ3) is 2.29. The van der Waals surface area contributed by atoms with Crippen LogP contribution in [0.25, 0.3) is 0 Å². The first kappa shape index (κ1) is 9.74. The van der Waals surface area contributed by atoms with Crippen LogP contribution in [0.4, 0.5) is 4.39 Å². The molecule has 0 heterocycles. The second kappa shape index (κ2) is 4.05. The van der Waals surface area contributed by atoms with E-state index in [-0.39, 0.29) is 5.82 Å². The Morgan fingerprint density at radius 3 is 2.73 bits per heavy atom. The minimum absolute atomic E-state index is 0.226. The Kier molecular flexibility index (Phi) is 3.58. The third-order valence-corrected chi connectivity index (χ3v) is 3.17. The standard InChI is InChI=1S/C7H4BrClFI/c8-5-1-4(3-9)7(11)6(10)2-5/h1-2H,3H2. The van der Waals surface area contributed by atoms with E-state index in [1.807, 2.05) is 28.7 Å². The third-order valence-electron chi connectivity index (χ3n) is 1.21. The first-order valence-corrected chi connectivity index (χ1v) is 5.25. The van der Waals surface area contributed by atoms with E-state index >= 15 is 0 Å².